The first kappa shape index (κ1) is 12.5. The molecule has 2 aromatic rings. The number of oxazole rings is 1. The van der Waals surface area contributed by atoms with Gasteiger partial charge in [0.15, 0.2) is 5.58 Å². The zero-order valence-corrected chi connectivity index (χ0v) is 11.1. The molecule has 0 bridgehead atoms. The fraction of sp³-hybridized carbons (Fsp3) is 0.533. The first-order chi connectivity index (χ1) is 9.13. The van der Waals surface area contributed by atoms with Gasteiger partial charge >= 0.3 is 5.76 Å². The van der Waals surface area contributed by atoms with Gasteiger partial charge in [-0.15, -0.1) is 0 Å². The zero-order chi connectivity index (χ0) is 13.4. The summed E-state index contributed by atoms with van der Waals surface area (Å²) in [5, 5.41) is 9.52. The highest BCUT2D eigenvalue weighted by molar-refractivity contribution is 5.73. The van der Waals surface area contributed by atoms with Crippen molar-refractivity contribution in [3.8, 4) is 0 Å². The van der Waals surface area contributed by atoms with Crippen LogP contribution in [-0.4, -0.2) is 15.8 Å². The minimum atomic E-state index is -0.312. The van der Waals surface area contributed by atoms with Crippen molar-refractivity contribution in [3.05, 3.63) is 34.3 Å². The number of benzene rings is 1. The molecule has 0 aliphatic heterocycles. The number of aliphatic hydroxyl groups is 1. The van der Waals surface area contributed by atoms with Crippen LogP contribution in [0.4, 0.5) is 0 Å². The number of fused-ring (bicyclic) bond motifs is 1. The van der Waals surface area contributed by atoms with Gasteiger partial charge in [0.1, 0.15) is 0 Å². The molecular weight excluding hydrogens is 242 g/mol. The smallest absolute Gasteiger partial charge is 0.408 e. The molecule has 4 heteroatoms. The van der Waals surface area contributed by atoms with E-state index >= 15 is 0 Å². The highest BCUT2D eigenvalue weighted by Crippen LogP contribution is 2.28. The van der Waals surface area contributed by atoms with Crippen molar-refractivity contribution in [2.45, 2.75) is 38.2 Å². The van der Waals surface area contributed by atoms with Crippen molar-refractivity contribution in [2.24, 2.45) is 13.0 Å². The van der Waals surface area contributed by atoms with Crippen LogP contribution < -0.4 is 5.76 Å². The van der Waals surface area contributed by atoms with E-state index in [4.69, 9.17) is 4.42 Å². The lowest BCUT2D eigenvalue weighted by molar-refractivity contribution is 0.109. The number of nitrogens with zero attached hydrogens (tertiary/aromatic N) is 1. The summed E-state index contributed by atoms with van der Waals surface area (Å²) in [5.74, 6) is 0.331. The van der Waals surface area contributed by atoms with Gasteiger partial charge in [-0.3, -0.25) is 4.57 Å². The lowest BCUT2D eigenvalue weighted by Gasteiger charge is -2.25. The molecular formula is C15H19NO3. The van der Waals surface area contributed by atoms with E-state index in [9.17, 15) is 9.90 Å². The van der Waals surface area contributed by atoms with Crippen LogP contribution in [0.3, 0.4) is 0 Å². The van der Waals surface area contributed by atoms with Gasteiger partial charge in [0.05, 0.1) is 11.6 Å². The van der Waals surface area contributed by atoms with Crippen LogP contribution >= 0.6 is 0 Å². The summed E-state index contributed by atoms with van der Waals surface area (Å²) >= 11 is 0. The van der Waals surface area contributed by atoms with Crippen molar-refractivity contribution in [3.63, 3.8) is 0 Å². The molecule has 0 saturated heterocycles. The molecule has 0 unspecified atom stereocenters. The Morgan fingerprint density at radius 1 is 1.32 bits per heavy atom. The van der Waals surface area contributed by atoms with Gasteiger partial charge in [-0.05, 0) is 55.7 Å². The van der Waals surface area contributed by atoms with Crippen LogP contribution in [0.1, 0.15) is 31.2 Å². The predicted molar refractivity (Wildman–Crippen MR) is 73.1 cm³/mol. The standard InChI is InChI=1S/C15H19NO3/c1-16-13-9-11(4-7-14(13)19-15(16)18)8-10-2-5-12(17)6-3-10/h4,7,9-10,12,17H,2-3,5-6,8H2,1H3. The maximum absolute atomic E-state index is 11.4. The lowest BCUT2D eigenvalue weighted by Crippen LogP contribution is -2.19. The number of aryl methyl sites for hydroxylation is 1. The Bertz CT molecular complexity index is 632. The van der Waals surface area contributed by atoms with E-state index in [1.807, 2.05) is 18.2 Å². The Morgan fingerprint density at radius 2 is 2.05 bits per heavy atom. The van der Waals surface area contributed by atoms with Gasteiger partial charge in [-0.2, -0.15) is 0 Å². The van der Waals surface area contributed by atoms with E-state index in [0.717, 1.165) is 37.6 Å². The number of aliphatic hydroxyl groups excluding tert-OH is 1. The molecule has 1 aliphatic rings. The Morgan fingerprint density at radius 3 is 2.79 bits per heavy atom. The molecule has 3 rings (SSSR count). The summed E-state index contributed by atoms with van der Waals surface area (Å²) in [4.78, 5) is 11.4. The maximum Gasteiger partial charge on any atom is 0.419 e. The highest BCUT2D eigenvalue weighted by atomic mass is 16.4. The third-order valence-corrected chi connectivity index (χ3v) is 4.20. The van der Waals surface area contributed by atoms with Crippen LogP contribution in [0.5, 0.6) is 0 Å². The molecule has 0 atom stereocenters. The quantitative estimate of drug-likeness (QED) is 0.902. The minimum absolute atomic E-state index is 0.103. The van der Waals surface area contributed by atoms with Crippen LogP contribution in [0.2, 0.25) is 0 Å². The number of aromatic nitrogens is 1. The van der Waals surface area contributed by atoms with Crippen molar-refractivity contribution in [1.29, 1.82) is 0 Å². The summed E-state index contributed by atoms with van der Waals surface area (Å²) in [5.41, 5.74) is 2.75. The Kier molecular flexibility index (Phi) is 3.19. The van der Waals surface area contributed by atoms with E-state index in [1.54, 1.807) is 11.6 Å². The SMILES string of the molecule is Cn1c(=O)oc2ccc(CC3CCC(O)CC3)cc21. The van der Waals surface area contributed by atoms with Crippen molar-refractivity contribution < 1.29 is 9.52 Å². The van der Waals surface area contributed by atoms with E-state index in [-0.39, 0.29) is 11.9 Å². The molecule has 4 nitrogen and oxygen atoms in total. The second kappa shape index (κ2) is 4.85. The third kappa shape index (κ3) is 2.45. The molecule has 1 saturated carbocycles. The van der Waals surface area contributed by atoms with E-state index in [1.165, 1.54) is 5.56 Å². The highest BCUT2D eigenvalue weighted by Gasteiger charge is 2.19. The molecule has 0 spiro atoms. The number of hydrogen-bond acceptors (Lipinski definition) is 3. The van der Waals surface area contributed by atoms with Crippen LogP contribution in [0, 0.1) is 5.92 Å². The third-order valence-electron chi connectivity index (χ3n) is 4.20. The summed E-state index contributed by atoms with van der Waals surface area (Å²) in [7, 11) is 1.73. The van der Waals surface area contributed by atoms with Crippen molar-refractivity contribution in [2.75, 3.05) is 0 Å². The normalized spacial score (nSPS) is 23.9. The van der Waals surface area contributed by atoms with Crippen LogP contribution in [0.15, 0.2) is 27.4 Å². The summed E-state index contributed by atoms with van der Waals surface area (Å²) < 4.78 is 6.68. The second-order valence-corrected chi connectivity index (χ2v) is 5.61. The summed E-state index contributed by atoms with van der Waals surface area (Å²) in [6.45, 7) is 0. The molecule has 1 aromatic heterocycles. The topological polar surface area (TPSA) is 55.4 Å². The average Bonchev–Trinajstić information content (AvgIpc) is 2.69. The monoisotopic (exact) mass is 261 g/mol. The number of hydrogen-bond donors (Lipinski definition) is 1. The Hall–Kier alpha value is -1.55. The van der Waals surface area contributed by atoms with Crippen molar-refractivity contribution >= 4 is 11.1 Å². The lowest BCUT2D eigenvalue weighted by atomic mass is 9.83. The predicted octanol–water partition coefficient (Wildman–Crippen LogP) is 2.23. The maximum atomic E-state index is 11.4. The van der Waals surface area contributed by atoms with Gasteiger partial charge in [0.2, 0.25) is 0 Å². The molecule has 0 radical (unpaired) electrons. The zero-order valence-electron chi connectivity index (χ0n) is 11.1. The van der Waals surface area contributed by atoms with Crippen LogP contribution in [-0.2, 0) is 13.5 Å². The van der Waals surface area contributed by atoms with Gasteiger partial charge < -0.3 is 9.52 Å². The number of rotatable bonds is 2. The molecule has 1 aromatic carbocycles. The fourth-order valence-electron chi connectivity index (χ4n) is 2.98. The van der Waals surface area contributed by atoms with E-state index in [0.29, 0.717) is 11.5 Å². The van der Waals surface area contributed by atoms with Gasteiger partial charge in [-0.25, -0.2) is 4.79 Å². The first-order valence-electron chi connectivity index (χ1n) is 6.90. The Balaban J connectivity index is 1.81. The molecule has 1 N–H and O–H groups in total. The molecule has 102 valence electrons. The van der Waals surface area contributed by atoms with Gasteiger partial charge in [0, 0.05) is 7.05 Å². The van der Waals surface area contributed by atoms with E-state index < -0.39 is 0 Å². The molecule has 1 fully saturated rings. The average molecular weight is 261 g/mol. The summed E-state index contributed by atoms with van der Waals surface area (Å²) in [6, 6.07) is 5.96. The fourth-order valence-corrected chi connectivity index (χ4v) is 2.98. The molecule has 1 aliphatic carbocycles. The van der Waals surface area contributed by atoms with E-state index in [2.05, 4.69) is 0 Å². The second-order valence-electron chi connectivity index (χ2n) is 5.61. The van der Waals surface area contributed by atoms with Gasteiger partial charge in [-0.1, -0.05) is 6.07 Å². The van der Waals surface area contributed by atoms with Gasteiger partial charge in [0.25, 0.3) is 0 Å². The Labute approximate surface area is 111 Å². The summed E-state index contributed by atoms with van der Waals surface area (Å²) in [6.07, 6.45) is 4.91. The van der Waals surface area contributed by atoms with Crippen molar-refractivity contribution in [1.82, 2.24) is 4.57 Å². The minimum Gasteiger partial charge on any atom is -0.408 e. The molecule has 19 heavy (non-hydrogen) atoms. The molecule has 1 heterocycles. The van der Waals surface area contributed by atoms with Crippen LogP contribution in [0.25, 0.3) is 11.1 Å². The first-order valence-corrected chi connectivity index (χ1v) is 6.90. The largest absolute Gasteiger partial charge is 0.419 e. The molecule has 0 amide bonds.